The van der Waals surface area contributed by atoms with Crippen LogP contribution in [0.25, 0.3) is 5.69 Å². The summed E-state index contributed by atoms with van der Waals surface area (Å²) in [7, 11) is 1.71. The fraction of sp³-hybridized carbons (Fsp3) is 0.300. The summed E-state index contributed by atoms with van der Waals surface area (Å²) in [6.07, 6.45) is 0. The maximum Gasteiger partial charge on any atom is 0.235 e. The summed E-state index contributed by atoms with van der Waals surface area (Å²) in [5.74, 6) is -0.391. The van der Waals surface area contributed by atoms with Crippen LogP contribution >= 0.6 is 11.8 Å². The first-order chi connectivity index (χ1) is 13.3. The number of thioether (sulfide) groups is 1. The van der Waals surface area contributed by atoms with Gasteiger partial charge in [-0.3, -0.25) is 4.79 Å². The predicted molar refractivity (Wildman–Crippen MR) is 107 cm³/mol. The van der Waals surface area contributed by atoms with Gasteiger partial charge in [-0.15, -0.1) is 5.10 Å². The molecule has 0 spiro atoms. The van der Waals surface area contributed by atoms with Gasteiger partial charge in [0.2, 0.25) is 11.1 Å². The molecule has 2 aromatic carbocycles. The van der Waals surface area contributed by atoms with Crippen molar-refractivity contribution in [2.24, 2.45) is 0 Å². The summed E-state index contributed by atoms with van der Waals surface area (Å²) < 4.78 is 15.0. The molecule has 0 aliphatic rings. The van der Waals surface area contributed by atoms with E-state index in [9.17, 15) is 9.18 Å². The Morgan fingerprint density at radius 2 is 2.04 bits per heavy atom. The number of aromatic nitrogens is 4. The van der Waals surface area contributed by atoms with Gasteiger partial charge in [-0.25, -0.2) is 4.39 Å². The average molecular weight is 399 g/mol. The summed E-state index contributed by atoms with van der Waals surface area (Å²) in [5, 5.41) is 12.1. The van der Waals surface area contributed by atoms with E-state index in [2.05, 4.69) is 15.5 Å². The van der Waals surface area contributed by atoms with E-state index in [0.717, 1.165) is 22.4 Å². The van der Waals surface area contributed by atoms with E-state index in [4.69, 9.17) is 0 Å². The van der Waals surface area contributed by atoms with Gasteiger partial charge in [0.25, 0.3) is 0 Å². The van der Waals surface area contributed by atoms with Crippen molar-refractivity contribution in [3.63, 3.8) is 0 Å². The van der Waals surface area contributed by atoms with Gasteiger partial charge >= 0.3 is 0 Å². The van der Waals surface area contributed by atoms with E-state index in [1.54, 1.807) is 28.8 Å². The highest BCUT2D eigenvalue weighted by Gasteiger charge is 2.22. The molecule has 1 aromatic heterocycles. The molecule has 0 bridgehead atoms. The number of hydrogen-bond acceptors (Lipinski definition) is 5. The highest BCUT2D eigenvalue weighted by Crippen LogP contribution is 2.26. The first-order valence-corrected chi connectivity index (χ1v) is 9.75. The van der Waals surface area contributed by atoms with Crippen LogP contribution in [0, 0.1) is 19.7 Å². The molecule has 6 nitrogen and oxygen atoms in total. The molecule has 0 radical (unpaired) electrons. The van der Waals surface area contributed by atoms with Crippen LogP contribution in [-0.4, -0.2) is 43.3 Å². The van der Waals surface area contributed by atoms with Crippen molar-refractivity contribution in [2.45, 2.75) is 37.7 Å². The molecule has 146 valence electrons. The second kappa shape index (κ2) is 8.52. The predicted octanol–water partition coefficient (Wildman–Crippen LogP) is 3.56. The van der Waals surface area contributed by atoms with Crippen LogP contribution in [0.3, 0.4) is 0 Å². The Kier molecular flexibility index (Phi) is 6.08. The molecule has 1 amide bonds. The number of aryl methyl sites for hydroxylation is 2. The molecule has 0 N–H and O–H groups in total. The van der Waals surface area contributed by atoms with Gasteiger partial charge in [0, 0.05) is 13.6 Å². The topological polar surface area (TPSA) is 63.9 Å². The lowest BCUT2D eigenvalue weighted by Gasteiger charge is -2.21. The highest BCUT2D eigenvalue weighted by molar-refractivity contribution is 8.00. The number of benzene rings is 2. The fourth-order valence-corrected chi connectivity index (χ4v) is 3.77. The third-order valence-electron chi connectivity index (χ3n) is 4.35. The minimum atomic E-state index is -0.395. The monoisotopic (exact) mass is 399 g/mol. The average Bonchev–Trinajstić information content (AvgIpc) is 3.10. The maximum atomic E-state index is 13.4. The molecule has 3 rings (SSSR count). The lowest BCUT2D eigenvalue weighted by Crippen LogP contribution is -2.33. The molecule has 1 heterocycles. The van der Waals surface area contributed by atoms with Crippen molar-refractivity contribution < 1.29 is 9.18 Å². The zero-order chi connectivity index (χ0) is 20.3. The number of nitrogens with zero attached hydrogens (tertiary/aromatic N) is 5. The van der Waals surface area contributed by atoms with Crippen LogP contribution in [0.2, 0.25) is 0 Å². The van der Waals surface area contributed by atoms with Crippen molar-refractivity contribution in [1.82, 2.24) is 25.1 Å². The summed E-state index contributed by atoms with van der Waals surface area (Å²) in [6.45, 7) is 6.15. The molecule has 3 aromatic rings. The van der Waals surface area contributed by atoms with Crippen LogP contribution in [0.1, 0.15) is 23.6 Å². The second-order valence-electron chi connectivity index (χ2n) is 6.75. The molecule has 0 unspecified atom stereocenters. The number of rotatable bonds is 6. The van der Waals surface area contributed by atoms with Crippen molar-refractivity contribution in [1.29, 1.82) is 0 Å². The Balaban J connectivity index is 1.73. The van der Waals surface area contributed by atoms with Gasteiger partial charge < -0.3 is 4.90 Å². The SMILES string of the molecule is Cc1ccc(C)c(-n2nnnc2S[C@H](C)C(=O)N(C)Cc2cccc(F)c2)c1. The number of carbonyl (C=O) groups is 1. The van der Waals surface area contributed by atoms with Crippen molar-refractivity contribution in [3.8, 4) is 5.69 Å². The summed E-state index contributed by atoms with van der Waals surface area (Å²) in [5.41, 5.74) is 3.78. The van der Waals surface area contributed by atoms with Gasteiger partial charge in [-0.2, -0.15) is 4.68 Å². The van der Waals surface area contributed by atoms with Crippen molar-refractivity contribution in [2.75, 3.05) is 7.05 Å². The summed E-state index contributed by atoms with van der Waals surface area (Å²) >= 11 is 1.30. The Bertz CT molecular complexity index is 990. The van der Waals surface area contributed by atoms with Crippen LogP contribution in [-0.2, 0) is 11.3 Å². The molecule has 0 aliphatic carbocycles. The van der Waals surface area contributed by atoms with Gasteiger partial charge in [-0.05, 0) is 66.1 Å². The fourth-order valence-electron chi connectivity index (χ4n) is 2.86. The standard InChI is InChI=1S/C20H22FN5OS/c1-13-8-9-14(2)18(10-13)26-20(22-23-24-26)28-15(3)19(27)25(4)12-16-6-5-7-17(21)11-16/h5-11,15H,12H2,1-4H3/t15-/m1/s1. The van der Waals surface area contributed by atoms with Crippen LogP contribution in [0.4, 0.5) is 4.39 Å². The normalized spacial score (nSPS) is 12.0. The van der Waals surface area contributed by atoms with Gasteiger partial charge in [-0.1, -0.05) is 36.0 Å². The van der Waals surface area contributed by atoms with E-state index in [1.165, 1.54) is 23.9 Å². The lowest BCUT2D eigenvalue weighted by molar-refractivity contribution is -0.129. The molecule has 0 saturated carbocycles. The van der Waals surface area contributed by atoms with E-state index >= 15 is 0 Å². The van der Waals surface area contributed by atoms with Crippen molar-refractivity contribution >= 4 is 17.7 Å². The molecule has 8 heteroatoms. The first-order valence-electron chi connectivity index (χ1n) is 8.87. The molecule has 28 heavy (non-hydrogen) atoms. The van der Waals surface area contributed by atoms with E-state index < -0.39 is 5.25 Å². The van der Waals surface area contributed by atoms with Crippen LogP contribution in [0.5, 0.6) is 0 Å². The van der Waals surface area contributed by atoms with Crippen molar-refractivity contribution in [3.05, 3.63) is 65.0 Å². The molecular formula is C20H22FN5OS. The van der Waals surface area contributed by atoms with E-state index in [0.29, 0.717) is 11.7 Å². The Morgan fingerprint density at radius 1 is 1.25 bits per heavy atom. The smallest absolute Gasteiger partial charge is 0.235 e. The lowest BCUT2D eigenvalue weighted by atomic mass is 10.1. The first kappa shape index (κ1) is 20.0. The molecule has 1 atom stereocenters. The minimum absolute atomic E-state index is 0.0789. The largest absolute Gasteiger partial charge is 0.340 e. The third kappa shape index (κ3) is 4.56. The van der Waals surface area contributed by atoms with Gasteiger partial charge in [0.05, 0.1) is 10.9 Å². The van der Waals surface area contributed by atoms with Crippen LogP contribution < -0.4 is 0 Å². The number of hydrogen-bond donors (Lipinski definition) is 0. The number of carbonyl (C=O) groups excluding carboxylic acids is 1. The maximum absolute atomic E-state index is 13.4. The summed E-state index contributed by atoms with van der Waals surface area (Å²) in [6, 6.07) is 12.3. The Hall–Kier alpha value is -2.74. The molecular weight excluding hydrogens is 377 g/mol. The van der Waals surface area contributed by atoms with Gasteiger partial charge in [0.15, 0.2) is 0 Å². The van der Waals surface area contributed by atoms with Gasteiger partial charge in [0.1, 0.15) is 5.82 Å². The molecule has 0 saturated heterocycles. The second-order valence-corrected chi connectivity index (χ2v) is 8.06. The third-order valence-corrected chi connectivity index (χ3v) is 5.37. The van der Waals surface area contributed by atoms with Crippen LogP contribution in [0.15, 0.2) is 47.6 Å². The minimum Gasteiger partial charge on any atom is -0.340 e. The number of tetrazole rings is 1. The van der Waals surface area contributed by atoms with E-state index in [1.807, 2.05) is 39.0 Å². The quantitative estimate of drug-likeness (QED) is 0.593. The Morgan fingerprint density at radius 3 is 2.79 bits per heavy atom. The summed E-state index contributed by atoms with van der Waals surface area (Å²) in [4.78, 5) is 14.3. The van der Waals surface area contributed by atoms with E-state index in [-0.39, 0.29) is 11.7 Å². The zero-order valence-electron chi connectivity index (χ0n) is 16.3. The molecule has 0 fully saturated rings. The Labute approximate surface area is 167 Å². The highest BCUT2D eigenvalue weighted by atomic mass is 32.2. The molecule has 0 aliphatic heterocycles. The number of halogens is 1. The zero-order valence-corrected chi connectivity index (χ0v) is 17.1. The number of amides is 1.